The van der Waals surface area contributed by atoms with Crippen LogP contribution in [0.2, 0.25) is 0 Å². The van der Waals surface area contributed by atoms with E-state index >= 15 is 0 Å². The van der Waals surface area contributed by atoms with Crippen LogP contribution in [-0.4, -0.2) is 31.5 Å². The van der Waals surface area contributed by atoms with E-state index in [1.807, 2.05) is 0 Å². The van der Waals surface area contributed by atoms with Crippen LogP contribution in [0.1, 0.15) is 6.92 Å². The van der Waals surface area contributed by atoms with Crippen LogP contribution in [0.5, 0.6) is 0 Å². The Balaban J connectivity index is 2.89. The maximum absolute atomic E-state index is 11.5. The van der Waals surface area contributed by atoms with E-state index in [0.717, 1.165) is 6.26 Å². The van der Waals surface area contributed by atoms with Crippen molar-refractivity contribution in [1.82, 2.24) is 0 Å². The van der Waals surface area contributed by atoms with Gasteiger partial charge in [0, 0.05) is 16.9 Å². The molecule has 0 aliphatic rings. The molecule has 4 nitrogen and oxygen atoms in total. The Hall–Kier alpha value is -1.01. The van der Waals surface area contributed by atoms with Gasteiger partial charge in [0.25, 0.3) is 0 Å². The molecule has 94 valence electrons. The van der Waals surface area contributed by atoms with Gasteiger partial charge in [-0.2, -0.15) is 0 Å². The van der Waals surface area contributed by atoms with E-state index in [1.54, 1.807) is 25.1 Å². The van der Waals surface area contributed by atoms with E-state index in [2.05, 4.69) is 0 Å². The number of sulfone groups is 1. The van der Waals surface area contributed by atoms with Crippen molar-refractivity contribution < 1.29 is 18.3 Å². The summed E-state index contributed by atoms with van der Waals surface area (Å²) in [5, 5.41) is 8.76. The standard InChI is InChI=1S/C11H14O4S2/c1-8(11(12)13)7-16-9-5-3-4-6-10(9)17(2,14)15/h3-6,8H,7H2,1-2H3,(H,12,13). The fraction of sp³-hybridized carbons (Fsp3) is 0.364. The number of benzene rings is 1. The van der Waals surface area contributed by atoms with Crippen molar-refractivity contribution in [3.05, 3.63) is 24.3 Å². The molecule has 0 saturated heterocycles. The van der Waals surface area contributed by atoms with Crippen LogP contribution in [0.3, 0.4) is 0 Å². The fourth-order valence-electron chi connectivity index (χ4n) is 1.16. The van der Waals surface area contributed by atoms with Gasteiger partial charge in [-0.3, -0.25) is 4.79 Å². The van der Waals surface area contributed by atoms with Crippen LogP contribution in [0.25, 0.3) is 0 Å². The van der Waals surface area contributed by atoms with Crippen molar-refractivity contribution in [2.24, 2.45) is 5.92 Å². The minimum Gasteiger partial charge on any atom is -0.481 e. The predicted molar refractivity (Wildman–Crippen MR) is 67.1 cm³/mol. The van der Waals surface area contributed by atoms with Crippen molar-refractivity contribution in [1.29, 1.82) is 0 Å². The number of carboxylic acids is 1. The van der Waals surface area contributed by atoms with E-state index < -0.39 is 21.7 Å². The summed E-state index contributed by atoms with van der Waals surface area (Å²) in [7, 11) is -3.27. The second-order valence-corrected chi connectivity index (χ2v) is 6.82. The molecule has 0 amide bonds. The summed E-state index contributed by atoms with van der Waals surface area (Å²) in [4.78, 5) is 11.5. The summed E-state index contributed by atoms with van der Waals surface area (Å²) in [6, 6.07) is 6.61. The Labute approximate surface area is 105 Å². The summed E-state index contributed by atoms with van der Waals surface area (Å²) in [6.45, 7) is 1.60. The molecule has 6 heteroatoms. The molecule has 0 aliphatic carbocycles. The minimum absolute atomic E-state index is 0.252. The van der Waals surface area contributed by atoms with Crippen LogP contribution in [0.15, 0.2) is 34.1 Å². The molecule has 1 atom stereocenters. The number of rotatable bonds is 5. The molecule has 0 bridgehead atoms. The summed E-state index contributed by atoms with van der Waals surface area (Å²) in [5.41, 5.74) is 0. The SMILES string of the molecule is CC(CSc1ccccc1S(C)(=O)=O)C(=O)O. The zero-order chi connectivity index (χ0) is 13.1. The lowest BCUT2D eigenvalue weighted by Crippen LogP contribution is -2.12. The summed E-state index contributed by atoms with van der Waals surface area (Å²) in [5.74, 6) is -1.04. The molecule has 17 heavy (non-hydrogen) atoms. The van der Waals surface area contributed by atoms with Gasteiger partial charge in [0.2, 0.25) is 0 Å². The van der Waals surface area contributed by atoms with Gasteiger partial charge < -0.3 is 5.11 Å². The van der Waals surface area contributed by atoms with Crippen molar-refractivity contribution in [2.45, 2.75) is 16.7 Å². The molecule has 0 saturated carbocycles. The number of carboxylic acid groups (broad SMARTS) is 1. The number of hydrogen-bond donors (Lipinski definition) is 1. The highest BCUT2D eigenvalue weighted by atomic mass is 32.2. The first-order chi connectivity index (χ1) is 7.82. The fourth-order valence-corrected chi connectivity index (χ4v) is 3.51. The highest BCUT2D eigenvalue weighted by Crippen LogP contribution is 2.27. The predicted octanol–water partition coefficient (Wildman–Crippen LogP) is 1.90. The van der Waals surface area contributed by atoms with Crippen molar-refractivity contribution in [3.8, 4) is 0 Å². The van der Waals surface area contributed by atoms with Gasteiger partial charge in [-0.25, -0.2) is 8.42 Å². The first kappa shape index (κ1) is 14.1. The molecular formula is C11H14O4S2. The zero-order valence-electron chi connectivity index (χ0n) is 9.58. The smallest absolute Gasteiger partial charge is 0.307 e. The number of carbonyl (C=O) groups is 1. The lowest BCUT2D eigenvalue weighted by atomic mass is 10.2. The van der Waals surface area contributed by atoms with E-state index in [9.17, 15) is 13.2 Å². The Bertz CT molecular complexity index is 508. The molecule has 0 aromatic heterocycles. The third-order valence-corrected chi connectivity index (χ3v) is 4.78. The first-order valence-corrected chi connectivity index (χ1v) is 7.84. The summed E-state index contributed by atoms with van der Waals surface area (Å²) < 4.78 is 23.0. The highest BCUT2D eigenvalue weighted by molar-refractivity contribution is 8.00. The van der Waals surface area contributed by atoms with Crippen LogP contribution < -0.4 is 0 Å². The number of aliphatic carboxylic acids is 1. The Morgan fingerprint density at radius 2 is 2.00 bits per heavy atom. The molecular weight excluding hydrogens is 260 g/mol. The molecule has 1 unspecified atom stereocenters. The van der Waals surface area contributed by atoms with Crippen molar-refractivity contribution >= 4 is 27.6 Å². The van der Waals surface area contributed by atoms with E-state index in [4.69, 9.17) is 5.11 Å². The van der Waals surface area contributed by atoms with Crippen LogP contribution in [-0.2, 0) is 14.6 Å². The van der Waals surface area contributed by atoms with E-state index in [1.165, 1.54) is 17.8 Å². The Morgan fingerprint density at radius 1 is 1.41 bits per heavy atom. The third-order valence-electron chi connectivity index (χ3n) is 2.16. The molecule has 0 radical (unpaired) electrons. The molecule has 1 aromatic rings. The quantitative estimate of drug-likeness (QED) is 0.830. The van der Waals surface area contributed by atoms with E-state index in [0.29, 0.717) is 10.6 Å². The second-order valence-electron chi connectivity index (χ2n) is 3.77. The third kappa shape index (κ3) is 4.05. The van der Waals surface area contributed by atoms with Gasteiger partial charge in [-0.05, 0) is 12.1 Å². The number of thioether (sulfide) groups is 1. The monoisotopic (exact) mass is 274 g/mol. The Kier molecular flexibility index (Phi) is 4.59. The van der Waals surface area contributed by atoms with Crippen molar-refractivity contribution in [3.63, 3.8) is 0 Å². The maximum atomic E-state index is 11.5. The number of hydrogen-bond acceptors (Lipinski definition) is 4. The topological polar surface area (TPSA) is 71.4 Å². The molecule has 0 heterocycles. The van der Waals surface area contributed by atoms with Gasteiger partial charge in [0.15, 0.2) is 9.84 Å². The van der Waals surface area contributed by atoms with Crippen LogP contribution in [0.4, 0.5) is 0 Å². The molecule has 1 N–H and O–H groups in total. The molecule has 0 fully saturated rings. The molecule has 0 spiro atoms. The normalized spacial score (nSPS) is 13.3. The van der Waals surface area contributed by atoms with Gasteiger partial charge in [-0.1, -0.05) is 19.1 Å². The van der Waals surface area contributed by atoms with Crippen LogP contribution in [0, 0.1) is 5.92 Å². The lowest BCUT2D eigenvalue weighted by molar-refractivity contribution is -0.140. The highest BCUT2D eigenvalue weighted by Gasteiger charge is 2.16. The maximum Gasteiger partial charge on any atom is 0.307 e. The first-order valence-electron chi connectivity index (χ1n) is 4.97. The van der Waals surface area contributed by atoms with Gasteiger partial charge >= 0.3 is 5.97 Å². The summed E-state index contributed by atoms with van der Waals surface area (Å²) >= 11 is 1.25. The average Bonchev–Trinajstić information content (AvgIpc) is 2.24. The zero-order valence-corrected chi connectivity index (χ0v) is 11.2. The van der Waals surface area contributed by atoms with E-state index in [-0.39, 0.29) is 4.90 Å². The average molecular weight is 274 g/mol. The molecule has 1 rings (SSSR count). The Morgan fingerprint density at radius 3 is 2.53 bits per heavy atom. The largest absolute Gasteiger partial charge is 0.481 e. The van der Waals surface area contributed by atoms with Crippen molar-refractivity contribution in [2.75, 3.05) is 12.0 Å². The van der Waals surface area contributed by atoms with Crippen LogP contribution >= 0.6 is 11.8 Å². The van der Waals surface area contributed by atoms with Gasteiger partial charge in [0.05, 0.1) is 10.8 Å². The minimum atomic E-state index is -3.27. The lowest BCUT2D eigenvalue weighted by Gasteiger charge is -2.09. The molecule has 0 aliphatic heterocycles. The summed E-state index contributed by atoms with van der Waals surface area (Å²) in [6.07, 6.45) is 1.15. The second kappa shape index (κ2) is 5.55. The molecule has 1 aromatic carbocycles. The van der Waals surface area contributed by atoms with Gasteiger partial charge in [0.1, 0.15) is 0 Å². The van der Waals surface area contributed by atoms with Gasteiger partial charge in [-0.15, -0.1) is 11.8 Å².